The molecule has 0 spiro atoms. The van der Waals surface area contributed by atoms with Crippen molar-refractivity contribution in [2.45, 2.75) is 31.0 Å². The fourth-order valence-electron chi connectivity index (χ4n) is 3.42. The molecule has 31 heavy (non-hydrogen) atoms. The van der Waals surface area contributed by atoms with Crippen LogP contribution in [0.1, 0.15) is 33.9 Å². The van der Waals surface area contributed by atoms with Crippen LogP contribution < -0.4 is 26.8 Å². The maximum absolute atomic E-state index is 13.0. The number of nitrogens with two attached hydrogens (primary N) is 2. The zero-order valence-corrected chi connectivity index (χ0v) is 17.8. The maximum Gasteiger partial charge on any atom is 0.255 e. The number of rotatable bonds is 8. The predicted molar refractivity (Wildman–Crippen MR) is 120 cm³/mol. The third-order valence-electron chi connectivity index (χ3n) is 5.10. The summed E-state index contributed by atoms with van der Waals surface area (Å²) < 4.78 is 5.76. The van der Waals surface area contributed by atoms with E-state index in [-0.39, 0.29) is 29.7 Å². The molecular formula is C22H26N4O4S. The number of hydrogen-bond donors (Lipinski definition) is 5. The van der Waals surface area contributed by atoms with Gasteiger partial charge in [-0.05, 0) is 11.6 Å². The van der Waals surface area contributed by atoms with Crippen molar-refractivity contribution in [1.82, 2.24) is 10.6 Å². The van der Waals surface area contributed by atoms with E-state index in [4.69, 9.17) is 16.2 Å². The van der Waals surface area contributed by atoms with Crippen molar-refractivity contribution in [2.24, 2.45) is 11.5 Å². The summed E-state index contributed by atoms with van der Waals surface area (Å²) in [6.07, 6.45) is 0.819. The normalized spacial score (nSPS) is 16.9. The molecule has 3 rings (SSSR count). The summed E-state index contributed by atoms with van der Waals surface area (Å²) in [4.78, 5) is 37.1. The van der Waals surface area contributed by atoms with E-state index in [1.807, 2.05) is 30.3 Å². The highest BCUT2D eigenvalue weighted by Crippen LogP contribution is 2.35. The molecule has 164 valence electrons. The van der Waals surface area contributed by atoms with Gasteiger partial charge in [-0.15, -0.1) is 0 Å². The van der Waals surface area contributed by atoms with Crippen LogP contribution in [0.3, 0.4) is 0 Å². The van der Waals surface area contributed by atoms with E-state index in [1.54, 1.807) is 18.2 Å². The molecular weight excluding hydrogens is 416 g/mol. The fraction of sp³-hybridized carbons (Fsp3) is 0.318. The molecule has 1 unspecified atom stereocenters. The van der Waals surface area contributed by atoms with E-state index in [9.17, 15) is 14.4 Å². The SMILES string of the molecule is NC(=O)[C@H](Cc1ccccc1)NC(=O)c1cccc2c1OCCC2NC(=O)[C@@H](N)CS. The van der Waals surface area contributed by atoms with Gasteiger partial charge in [-0.2, -0.15) is 12.6 Å². The van der Waals surface area contributed by atoms with Crippen LogP contribution >= 0.6 is 12.6 Å². The Balaban J connectivity index is 1.79. The van der Waals surface area contributed by atoms with Gasteiger partial charge in [0.15, 0.2) is 0 Å². The Bertz CT molecular complexity index is 954. The molecule has 9 heteroatoms. The Hall–Kier alpha value is -3.04. The van der Waals surface area contributed by atoms with Crippen LogP contribution in [0.25, 0.3) is 0 Å². The minimum atomic E-state index is -0.877. The predicted octanol–water partition coefficient (Wildman–Crippen LogP) is 0.710. The first kappa shape index (κ1) is 22.6. The van der Waals surface area contributed by atoms with Gasteiger partial charge in [0.05, 0.1) is 24.3 Å². The van der Waals surface area contributed by atoms with Crippen molar-refractivity contribution < 1.29 is 19.1 Å². The average Bonchev–Trinajstić information content (AvgIpc) is 2.78. The Morgan fingerprint density at radius 3 is 2.55 bits per heavy atom. The van der Waals surface area contributed by atoms with E-state index in [0.717, 1.165) is 5.56 Å². The third kappa shape index (κ3) is 5.56. The second kappa shape index (κ2) is 10.3. The highest BCUT2D eigenvalue weighted by atomic mass is 32.1. The molecule has 8 nitrogen and oxygen atoms in total. The van der Waals surface area contributed by atoms with Gasteiger partial charge in [0, 0.05) is 24.2 Å². The molecule has 0 radical (unpaired) electrons. The Labute approximate surface area is 186 Å². The number of fused-ring (bicyclic) bond motifs is 1. The van der Waals surface area contributed by atoms with Crippen molar-refractivity contribution in [3.05, 3.63) is 65.2 Å². The number of hydrogen-bond acceptors (Lipinski definition) is 6. The third-order valence-corrected chi connectivity index (χ3v) is 5.49. The first-order valence-corrected chi connectivity index (χ1v) is 10.6. The first-order valence-electron chi connectivity index (χ1n) is 9.97. The molecule has 0 fully saturated rings. The second-order valence-corrected chi connectivity index (χ2v) is 7.69. The van der Waals surface area contributed by atoms with Crippen molar-refractivity contribution >= 4 is 30.4 Å². The van der Waals surface area contributed by atoms with Gasteiger partial charge in [0.1, 0.15) is 11.8 Å². The molecule has 2 aromatic carbocycles. The van der Waals surface area contributed by atoms with Crippen LogP contribution in [0.4, 0.5) is 0 Å². The molecule has 1 aliphatic rings. The minimum Gasteiger partial charge on any atom is -0.492 e. The number of benzene rings is 2. The molecule has 1 heterocycles. The Morgan fingerprint density at radius 2 is 1.87 bits per heavy atom. The number of ether oxygens (including phenoxy) is 1. The van der Waals surface area contributed by atoms with Crippen molar-refractivity contribution in [3.63, 3.8) is 0 Å². The van der Waals surface area contributed by atoms with Gasteiger partial charge in [-0.3, -0.25) is 14.4 Å². The number of primary amides is 1. The van der Waals surface area contributed by atoms with Crippen LogP contribution in [0.2, 0.25) is 0 Å². The lowest BCUT2D eigenvalue weighted by molar-refractivity contribution is -0.123. The first-order chi connectivity index (χ1) is 14.9. The number of amides is 3. The van der Waals surface area contributed by atoms with Crippen molar-refractivity contribution in [2.75, 3.05) is 12.4 Å². The topological polar surface area (TPSA) is 137 Å². The Morgan fingerprint density at radius 1 is 1.13 bits per heavy atom. The molecule has 0 aliphatic carbocycles. The fourth-order valence-corrected chi connectivity index (χ4v) is 3.59. The van der Waals surface area contributed by atoms with Crippen LogP contribution in [0, 0.1) is 0 Å². The summed E-state index contributed by atoms with van der Waals surface area (Å²) in [6, 6.07) is 12.5. The van der Waals surface area contributed by atoms with Crippen LogP contribution in [0.5, 0.6) is 5.75 Å². The lowest BCUT2D eigenvalue weighted by Gasteiger charge is -2.29. The quantitative estimate of drug-likeness (QED) is 0.384. The van der Waals surface area contributed by atoms with Gasteiger partial charge in [0.2, 0.25) is 11.8 Å². The summed E-state index contributed by atoms with van der Waals surface area (Å²) in [5.74, 6) is -0.831. The molecule has 2 aromatic rings. The van der Waals surface area contributed by atoms with Gasteiger partial charge in [0.25, 0.3) is 5.91 Å². The summed E-state index contributed by atoms with van der Waals surface area (Å²) in [6.45, 7) is 0.321. The molecule has 3 atom stereocenters. The smallest absolute Gasteiger partial charge is 0.255 e. The molecule has 3 amide bonds. The average molecular weight is 443 g/mol. The summed E-state index contributed by atoms with van der Waals surface area (Å²) in [7, 11) is 0. The lowest BCUT2D eigenvalue weighted by Crippen LogP contribution is -2.46. The molecule has 0 saturated carbocycles. The lowest BCUT2D eigenvalue weighted by atomic mass is 9.96. The summed E-state index contributed by atoms with van der Waals surface area (Å²) in [5.41, 5.74) is 13.1. The van der Waals surface area contributed by atoms with Gasteiger partial charge in [-0.1, -0.05) is 42.5 Å². The van der Waals surface area contributed by atoms with E-state index in [2.05, 4.69) is 23.3 Å². The van der Waals surface area contributed by atoms with E-state index < -0.39 is 23.9 Å². The molecule has 1 aliphatic heterocycles. The standard InChI is InChI=1S/C22H26N4O4S/c23-16(12-31)22(29)25-17-9-10-30-19-14(17)7-4-8-15(19)21(28)26-18(20(24)27)11-13-5-2-1-3-6-13/h1-8,16-18,31H,9-12,23H2,(H2,24,27)(H,25,29)(H,26,28)/t16-,17?,18-/m0/s1. The zero-order chi connectivity index (χ0) is 22.4. The monoisotopic (exact) mass is 442 g/mol. The van der Waals surface area contributed by atoms with Crippen molar-refractivity contribution in [1.29, 1.82) is 0 Å². The van der Waals surface area contributed by atoms with Crippen LogP contribution in [-0.2, 0) is 16.0 Å². The van der Waals surface area contributed by atoms with E-state index in [0.29, 0.717) is 24.3 Å². The largest absolute Gasteiger partial charge is 0.492 e. The summed E-state index contributed by atoms with van der Waals surface area (Å²) in [5, 5.41) is 5.59. The molecule has 0 aromatic heterocycles. The minimum absolute atomic E-state index is 0.222. The number of nitrogens with one attached hydrogen (secondary N) is 2. The highest BCUT2D eigenvalue weighted by molar-refractivity contribution is 7.80. The number of carbonyl (C=O) groups is 3. The molecule has 6 N–H and O–H groups in total. The van der Waals surface area contributed by atoms with E-state index in [1.165, 1.54) is 0 Å². The number of thiol groups is 1. The second-order valence-electron chi connectivity index (χ2n) is 7.33. The van der Waals surface area contributed by atoms with Gasteiger partial charge < -0.3 is 26.8 Å². The molecule has 0 bridgehead atoms. The maximum atomic E-state index is 13.0. The zero-order valence-electron chi connectivity index (χ0n) is 16.9. The van der Waals surface area contributed by atoms with Crippen LogP contribution in [0.15, 0.2) is 48.5 Å². The van der Waals surface area contributed by atoms with Gasteiger partial charge in [-0.25, -0.2) is 0 Å². The van der Waals surface area contributed by atoms with Crippen molar-refractivity contribution in [3.8, 4) is 5.75 Å². The highest BCUT2D eigenvalue weighted by Gasteiger charge is 2.29. The Kier molecular flexibility index (Phi) is 7.54. The molecule has 0 saturated heterocycles. The van der Waals surface area contributed by atoms with Gasteiger partial charge >= 0.3 is 0 Å². The number of para-hydroxylation sites is 1. The summed E-state index contributed by atoms with van der Waals surface area (Å²) >= 11 is 4.05. The van der Waals surface area contributed by atoms with Crippen LogP contribution in [-0.4, -0.2) is 42.2 Å². The number of carbonyl (C=O) groups excluding carboxylic acids is 3. The van der Waals surface area contributed by atoms with E-state index >= 15 is 0 Å².